The van der Waals surface area contributed by atoms with E-state index in [9.17, 15) is 14.0 Å². The maximum atomic E-state index is 12.9. The van der Waals surface area contributed by atoms with Crippen molar-refractivity contribution in [1.29, 1.82) is 0 Å². The highest BCUT2D eigenvalue weighted by Crippen LogP contribution is 2.15. The molecule has 0 fully saturated rings. The first-order valence-corrected chi connectivity index (χ1v) is 7.91. The summed E-state index contributed by atoms with van der Waals surface area (Å²) in [5, 5.41) is 13.4. The van der Waals surface area contributed by atoms with Crippen LogP contribution in [0.3, 0.4) is 0 Å². The number of esters is 1. The number of amides is 1. The maximum absolute atomic E-state index is 12.9. The van der Waals surface area contributed by atoms with Crippen LogP contribution in [0.2, 0.25) is 0 Å². The van der Waals surface area contributed by atoms with Crippen LogP contribution in [0.1, 0.15) is 20.8 Å². The van der Waals surface area contributed by atoms with Crippen LogP contribution in [0.5, 0.6) is 0 Å². The van der Waals surface area contributed by atoms with Gasteiger partial charge in [0.1, 0.15) is 5.82 Å². The molecule has 1 aromatic heterocycles. The molecule has 0 aliphatic heterocycles. The molecule has 0 saturated carbocycles. The van der Waals surface area contributed by atoms with Crippen molar-refractivity contribution in [2.24, 2.45) is 0 Å². The van der Waals surface area contributed by atoms with Gasteiger partial charge in [0.15, 0.2) is 11.5 Å². The van der Waals surface area contributed by atoms with Crippen LogP contribution >= 0.6 is 0 Å². The fourth-order valence-corrected chi connectivity index (χ4v) is 2.24. The quantitative estimate of drug-likeness (QED) is 0.672. The molecular formula is C19H15FN4O3. The van der Waals surface area contributed by atoms with Crippen LogP contribution in [0, 0.1) is 5.82 Å². The average Bonchev–Trinajstić information content (AvgIpc) is 2.70. The van der Waals surface area contributed by atoms with Gasteiger partial charge in [0, 0.05) is 11.4 Å². The number of ether oxygens (including phenoxy) is 1. The Hall–Kier alpha value is -3.81. The summed E-state index contributed by atoms with van der Waals surface area (Å²) >= 11 is 0. The van der Waals surface area contributed by atoms with Crippen LogP contribution in [0.15, 0.2) is 60.7 Å². The second kappa shape index (κ2) is 8.05. The summed E-state index contributed by atoms with van der Waals surface area (Å²) < 4.78 is 17.6. The van der Waals surface area contributed by atoms with Gasteiger partial charge < -0.3 is 15.4 Å². The third-order valence-corrected chi connectivity index (χ3v) is 3.56. The number of nitrogens with one attached hydrogen (secondary N) is 2. The Bertz CT molecular complexity index is 959. The third-order valence-electron chi connectivity index (χ3n) is 3.56. The molecule has 0 saturated heterocycles. The van der Waals surface area contributed by atoms with E-state index in [1.807, 2.05) is 0 Å². The van der Waals surface area contributed by atoms with E-state index in [-0.39, 0.29) is 11.5 Å². The summed E-state index contributed by atoms with van der Waals surface area (Å²) in [7, 11) is 1.28. The molecule has 1 amide bonds. The van der Waals surface area contributed by atoms with Gasteiger partial charge in [0.05, 0.1) is 12.7 Å². The highest BCUT2D eigenvalue weighted by molar-refractivity contribution is 6.03. The number of hydrogen-bond acceptors (Lipinski definition) is 6. The summed E-state index contributed by atoms with van der Waals surface area (Å²) in [4.78, 5) is 23.8. The Morgan fingerprint density at radius 1 is 0.963 bits per heavy atom. The Labute approximate surface area is 154 Å². The lowest BCUT2D eigenvalue weighted by Gasteiger charge is -2.07. The van der Waals surface area contributed by atoms with E-state index in [1.165, 1.54) is 31.4 Å². The number of hydrogen-bond donors (Lipinski definition) is 2. The van der Waals surface area contributed by atoms with Gasteiger partial charge in [0.2, 0.25) is 0 Å². The fraction of sp³-hybridized carbons (Fsp3) is 0.0526. The van der Waals surface area contributed by atoms with Gasteiger partial charge in [0.25, 0.3) is 5.91 Å². The minimum absolute atomic E-state index is 0.100. The van der Waals surface area contributed by atoms with E-state index < -0.39 is 11.9 Å². The van der Waals surface area contributed by atoms with Gasteiger partial charge in [-0.1, -0.05) is 6.07 Å². The van der Waals surface area contributed by atoms with E-state index in [1.54, 1.807) is 36.4 Å². The lowest BCUT2D eigenvalue weighted by atomic mass is 10.2. The van der Waals surface area contributed by atoms with Crippen LogP contribution in [-0.4, -0.2) is 29.2 Å². The molecule has 136 valence electrons. The van der Waals surface area contributed by atoms with Crippen molar-refractivity contribution in [2.45, 2.75) is 0 Å². The number of carbonyl (C=O) groups excluding carboxylic acids is 2. The molecule has 0 aliphatic carbocycles. The number of nitrogens with zero attached hydrogens (tertiary/aromatic N) is 2. The first kappa shape index (κ1) is 18.0. The number of benzene rings is 2. The molecule has 0 spiro atoms. The number of halogens is 1. The van der Waals surface area contributed by atoms with Crippen molar-refractivity contribution in [3.05, 3.63) is 77.7 Å². The summed E-state index contributed by atoms with van der Waals surface area (Å²) in [5.74, 6) is -0.902. The van der Waals surface area contributed by atoms with E-state index in [4.69, 9.17) is 0 Å². The van der Waals surface area contributed by atoms with Crippen LogP contribution in [-0.2, 0) is 4.74 Å². The summed E-state index contributed by atoms with van der Waals surface area (Å²) in [5.41, 5.74) is 1.49. The van der Waals surface area contributed by atoms with Crippen molar-refractivity contribution in [3.8, 4) is 0 Å². The van der Waals surface area contributed by atoms with Crippen LogP contribution in [0.4, 0.5) is 21.6 Å². The van der Waals surface area contributed by atoms with Gasteiger partial charge in [-0.25, -0.2) is 9.18 Å². The maximum Gasteiger partial charge on any atom is 0.337 e. The second-order valence-corrected chi connectivity index (χ2v) is 5.46. The van der Waals surface area contributed by atoms with E-state index in [0.29, 0.717) is 22.8 Å². The van der Waals surface area contributed by atoms with E-state index in [0.717, 1.165) is 0 Å². The number of methoxy groups -OCH3 is 1. The zero-order valence-corrected chi connectivity index (χ0v) is 14.3. The Morgan fingerprint density at radius 2 is 1.74 bits per heavy atom. The fourth-order valence-electron chi connectivity index (χ4n) is 2.24. The summed E-state index contributed by atoms with van der Waals surface area (Å²) in [6.07, 6.45) is 0. The van der Waals surface area contributed by atoms with Gasteiger partial charge in [-0.3, -0.25) is 4.79 Å². The molecule has 8 heteroatoms. The molecule has 0 bridgehead atoms. The second-order valence-electron chi connectivity index (χ2n) is 5.46. The van der Waals surface area contributed by atoms with Gasteiger partial charge in [-0.05, 0) is 54.6 Å². The van der Waals surface area contributed by atoms with E-state index >= 15 is 0 Å². The van der Waals surface area contributed by atoms with E-state index in [2.05, 4.69) is 25.6 Å². The summed E-state index contributed by atoms with van der Waals surface area (Å²) in [6.45, 7) is 0. The molecule has 1 heterocycles. The predicted molar refractivity (Wildman–Crippen MR) is 97.4 cm³/mol. The molecule has 0 radical (unpaired) electrons. The van der Waals surface area contributed by atoms with Crippen molar-refractivity contribution in [3.63, 3.8) is 0 Å². The van der Waals surface area contributed by atoms with Crippen molar-refractivity contribution >= 4 is 29.1 Å². The Kier molecular flexibility index (Phi) is 5.36. The number of anilines is 3. The van der Waals surface area contributed by atoms with Gasteiger partial charge in [-0.2, -0.15) is 0 Å². The third kappa shape index (κ3) is 4.63. The monoisotopic (exact) mass is 366 g/mol. The number of aromatic nitrogens is 2. The zero-order chi connectivity index (χ0) is 19.2. The lowest BCUT2D eigenvalue weighted by molar-refractivity contribution is 0.0600. The van der Waals surface area contributed by atoms with Crippen molar-refractivity contribution in [1.82, 2.24) is 10.2 Å². The highest BCUT2D eigenvalue weighted by Gasteiger charge is 2.11. The standard InChI is InChI=1S/C19H15FN4O3/c1-27-19(26)12-3-2-4-15(11-12)22-18(25)16-9-10-17(24-23-16)21-14-7-5-13(20)6-8-14/h2-11H,1H3,(H,21,24)(H,22,25). The first-order valence-electron chi connectivity index (χ1n) is 7.91. The number of rotatable bonds is 5. The average molecular weight is 366 g/mol. The Balaban J connectivity index is 1.67. The molecule has 0 unspecified atom stereocenters. The smallest absolute Gasteiger partial charge is 0.337 e. The molecule has 3 rings (SSSR count). The highest BCUT2D eigenvalue weighted by atomic mass is 19.1. The van der Waals surface area contributed by atoms with Crippen molar-refractivity contribution in [2.75, 3.05) is 17.7 Å². The molecule has 7 nitrogen and oxygen atoms in total. The lowest BCUT2D eigenvalue weighted by Crippen LogP contribution is -2.15. The first-order chi connectivity index (χ1) is 13.0. The van der Waals surface area contributed by atoms with Gasteiger partial charge >= 0.3 is 5.97 Å². The molecule has 2 aromatic carbocycles. The largest absolute Gasteiger partial charge is 0.465 e. The van der Waals surface area contributed by atoms with Crippen LogP contribution in [0.25, 0.3) is 0 Å². The molecule has 0 aliphatic rings. The minimum atomic E-state index is -0.498. The molecule has 2 N–H and O–H groups in total. The molecule has 27 heavy (non-hydrogen) atoms. The number of carbonyl (C=O) groups is 2. The normalized spacial score (nSPS) is 10.1. The summed E-state index contributed by atoms with van der Waals surface area (Å²) in [6, 6.07) is 15.2. The van der Waals surface area contributed by atoms with Crippen LogP contribution < -0.4 is 10.6 Å². The van der Waals surface area contributed by atoms with Crippen molar-refractivity contribution < 1.29 is 18.7 Å². The Morgan fingerprint density at radius 3 is 2.41 bits per heavy atom. The topological polar surface area (TPSA) is 93.2 Å². The molecule has 0 atom stereocenters. The molecular weight excluding hydrogens is 351 g/mol. The van der Waals surface area contributed by atoms with Gasteiger partial charge in [-0.15, -0.1) is 10.2 Å². The SMILES string of the molecule is COC(=O)c1cccc(NC(=O)c2ccc(Nc3ccc(F)cc3)nn2)c1. The zero-order valence-electron chi connectivity index (χ0n) is 14.3. The predicted octanol–water partition coefficient (Wildman–Crippen LogP) is 3.40. The minimum Gasteiger partial charge on any atom is -0.465 e. The molecule has 3 aromatic rings.